The fourth-order valence-electron chi connectivity index (χ4n) is 2.61. The lowest BCUT2D eigenvalue weighted by atomic mass is 10.1. The number of hydrogen-bond donors (Lipinski definition) is 1. The molecule has 0 saturated carbocycles. The Balaban J connectivity index is 1.84. The van der Waals surface area contributed by atoms with E-state index in [0.29, 0.717) is 6.54 Å². The van der Waals surface area contributed by atoms with E-state index in [0.717, 1.165) is 52.5 Å². The lowest BCUT2D eigenvalue weighted by Crippen LogP contribution is -2.41. The number of benzene rings is 1. The normalized spacial score (nSPS) is 16.8. The van der Waals surface area contributed by atoms with E-state index in [4.69, 9.17) is 10.5 Å². The summed E-state index contributed by atoms with van der Waals surface area (Å²) in [7, 11) is 0. The average molecular weight is 277 g/mol. The third-order valence-corrected chi connectivity index (χ3v) is 4.02. The van der Waals surface area contributed by atoms with Gasteiger partial charge in [0.2, 0.25) is 0 Å². The second-order valence-corrected chi connectivity index (χ2v) is 5.30. The molecule has 1 heterocycles. The molecular weight excluding hydrogens is 250 g/mol. The van der Waals surface area contributed by atoms with Gasteiger partial charge in [-0.05, 0) is 17.7 Å². The Morgan fingerprint density at radius 3 is 2.55 bits per heavy atom. The molecule has 2 rings (SSSR count). The molecule has 0 bridgehead atoms. The predicted octanol–water partition coefficient (Wildman–Crippen LogP) is 1.30. The van der Waals surface area contributed by atoms with Crippen LogP contribution in [0.2, 0.25) is 0 Å². The van der Waals surface area contributed by atoms with Crippen molar-refractivity contribution in [3.05, 3.63) is 35.4 Å². The maximum atomic E-state index is 5.82. The summed E-state index contributed by atoms with van der Waals surface area (Å²) >= 11 is 0. The molecule has 112 valence electrons. The van der Waals surface area contributed by atoms with E-state index in [1.54, 1.807) is 0 Å². The summed E-state index contributed by atoms with van der Waals surface area (Å²) in [4.78, 5) is 4.98. The van der Waals surface area contributed by atoms with Gasteiger partial charge in [0, 0.05) is 39.3 Å². The standard InChI is InChI=1S/C16H27N3O/c1-2-18(7-8-19-9-11-20-12-10-19)14-16-6-4-3-5-15(16)13-17/h3-6H,2,7-14,17H2,1H3. The zero-order valence-electron chi connectivity index (χ0n) is 12.6. The van der Waals surface area contributed by atoms with Crippen molar-refractivity contribution in [1.29, 1.82) is 0 Å². The zero-order chi connectivity index (χ0) is 14.2. The van der Waals surface area contributed by atoms with Gasteiger partial charge < -0.3 is 10.5 Å². The number of likely N-dealkylation sites (N-methyl/N-ethyl adjacent to an activating group) is 1. The van der Waals surface area contributed by atoms with Crippen molar-refractivity contribution in [3.63, 3.8) is 0 Å². The molecule has 0 radical (unpaired) electrons. The molecule has 0 atom stereocenters. The first-order valence-corrected chi connectivity index (χ1v) is 7.62. The maximum absolute atomic E-state index is 5.82. The van der Waals surface area contributed by atoms with Gasteiger partial charge in [0.05, 0.1) is 13.2 Å². The molecule has 1 aromatic carbocycles. The van der Waals surface area contributed by atoms with Gasteiger partial charge in [0.15, 0.2) is 0 Å². The van der Waals surface area contributed by atoms with Gasteiger partial charge in [0.25, 0.3) is 0 Å². The zero-order valence-corrected chi connectivity index (χ0v) is 12.6. The van der Waals surface area contributed by atoms with E-state index in [1.165, 1.54) is 11.1 Å². The lowest BCUT2D eigenvalue weighted by Gasteiger charge is -2.29. The van der Waals surface area contributed by atoms with Crippen LogP contribution in [0.15, 0.2) is 24.3 Å². The van der Waals surface area contributed by atoms with E-state index >= 15 is 0 Å². The van der Waals surface area contributed by atoms with E-state index in [2.05, 4.69) is 41.0 Å². The fraction of sp³-hybridized carbons (Fsp3) is 0.625. The minimum Gasteiger partial charge on any atom is -0.379 e. The highest BCUT2D eigenvalue weighted by molar-refractivity contribution is 5.26. The maximum Gasteiger partial charge on any atom is 0.0594 e. The molecule has 0 aliphatic carbocycles. The van der Waals surface area contributed by atoms with Crippen molar-refractivity contribution < 1.29 is 4.74 Å². The van der Waals surface area contributed by atoms with Crippen LogP contribution < -0.4 is 5.73 Å². The molecule has 1 aliphatic heterocycles. The molecule has 4 heteroatoms. The van der Waals surface area contributed by atoms with Crippen LogP contribution in [0.4, 0.5) is 0 Å². The highest BCUT2D eigenvalue weighted by Crippen LogP contribution is 2.11. The monoisotopic (exact) mass is 277 g/mol. The Morgan fingerprint density at radius 2 is 1.90 bits per heavy atom. The quantitative estimate of drug-likeness (QED) is 0.816. The Bertz CT molecular complexity index is 391. The summed E-state index contributed by atoms with van der Waals surface area (Å²) in [6.07, 6.45) is 0. The summed E-state index contributed by atoms with van der Waals surface area (Å²) in [5.41, 5.74) is 8.44. The molecule has 1 aliphatic rings. The Morgan fingerprint density at radius 1 is 1.20 bits per heavy atom. The molecular formula is C16H27N3O. The molecule has 0 unspecified atom stereocenters. The summed E-state index contributed by atoms with van der Waals surface area (Å²) in [5, 5.41) is 0. The van der Waals surface area contributed by atoms with Crippen LogP contribution in [0, 0.1) is 0 Å². The number of nitrogens with two attached hydrogens (primary N) is 1. The molecule has 2 N–H and O–H groups in total. The SMILES string of the molecule is CCN(CCN1CCOCC1)Cc1ccccc1CN. The van der Waals surface area contributed by atoms with Crippen molar-refractivity contribution in [3.8, 4) is 0 Å². The highest BCUT2D eigenvalue weighted by Gasteiger charge is 2.12. The first-order valence-electron chi connectivity index (χ1n) is 7.62. The number of ether oxygens (including phenoxy) is 1. The second kappa shape index (κ2) is 8.37. The lowest BCUT2D eigenvalue weighted by molar-refractivity contribution is 0.0332. The molecule has 1 saturated heterocycles. The Kier molecular flexibility index (Phi) is 6.47. The van der Waals surface area contributed by atoms with Gasteiger partial charge in [-0.15, -0.1) is 0 Å². The smallest absolute Gasteiger partial charge is 0.0594 e. The predicted molar refractivity (Wildman–Crippen MR) is 82.5 cm³/mol. The van der Waals surface area contributed by atoms with Crippen molar-refractivity contribution in [1.82, 2.24) is 9.80 Å². The molecule has 0 aromatic heterocycles. The first-order chi connectivity index (χ1) is 9.83. The third-order valence-electron chi connectivity index (χ3n) is 4.02. The van der Waals surface area contributed by atoms with Gasteiger partial charge in [-0.25, -0.2) is 0 Å². The minimum absolute atomic E-state index is 0.622. The van der Waals surface area contributed by atoms with Gasteiger partial charge >= 0.3 is 0 Å². The molecule has 1 aromatic rings. The van der Waals surface area contributed by atoms with Crippen LogP contribution in [0.1, 0.15) is 18.1 Å². The summed E-state index contributed by atoms with van der Waals surface area (Å²) < 4.78 is 5.39. The van der Waals surface area contributed by atoms with E-state index in [-0.39, 0.29) is 0 Å². The van der Waals surface area contributed by atoms with Crippen LogP contribution in [0.25, 0.3) is 0 Å². The average Bonchev–Trinajstić information content (AvgIpc) is 2.52. The number of morpholine rings is 1. The molecule has 4 nitrogen and oxygen atoms in total. The van der Waals surface area contributed by atoms with E-state index in [1.807, 2.05) is 0 Å². The van der Waals surface area contributed by atoms with Crippen LogP contribution in [-0.4, -0.2) is 55.7 Å². The first kappa shape index (κ1) is 15.4. The number of rotatable bonds is 7. The largest absolute Gasteiger partial charge is 0.379 e. The van der Waals surface area contributed by atoms with Gasteiger partial charge in [-0.2, -0.15) is 0 Å². The second-order valence-electron chi connectivity index (χ2n) is 5.30. The van der Waals surface area contributed by atoms with Crippen molar-refractivity contribution >= 4 is 0 Å². The topological polar surface area (TPSA) is 41.7 Å². The fourth-order valence-corrected chi connectivity index (χ4v) is 2.61. The van der Waals surface area contributed by atoms with Crippen LogP contribution in [0.5, 0.6) is 0 Å². The summed E-state index contributed by atoms with van der Waals surface area (Å²) in [5.74, 6) is 0. The van der Waals surface area contributed by atoms with Gasteiger partial charge in [0.1, 0.15) is 0 Å². The van der Waals surface area contributed by atoms with Gasteiger partial charge in [-0.3, -0.25) is 9.80 Å². The van der Waals surface area contributed by atoms with Crippen molar-refractivity contribution in [2.75, 3.05) is 45.9 Å². The van der Waals surface area contributed by atoms with Crippen LogP contribution in [-0.2, 0) is 17.8 Å². The van der Waals surface area contributed by atoms with Gasteiger partial charge in [-0.1, -0.05) is 31.2 Å². The molecule has 0 amide bonds. The molecule has 0 spiro atoms. The minimum atomic E-state index is 0.622. The van der Waals surface area contributed by atoms with Crippen molar-refractivity contribution in [2.45, 2.75) is 20.0 Å². The number of nitrogens with zero attached hydrogens (tertiary/aromatic N) is 2. The van der Waals surface area contributed by atoms with Crippen LogP contribution >= 0.6 is 0 Å². The van der Waals surface area contributed by atoms with E-state index in [9.17, 15) is 0 Å². The summed E-state index contributed by atoms with van der Waals surface area (Å²) in [6, 6.07) is 8.49. The highest BCUT2D eigenvalue weighted by atomic mass is 16.5. The third kappa shape index (κ3) is 4.56. The Labute approximate surface area is 122 Å². The number of hydrogen-bond acceptors (Lipinski definition) is 4. The molecule has 20 heavy (non-hydrogen) atoms. The van der Waals surface area contributed by atoms with Crippen molar-refractivity contribution in [2.24, 2.45) is 5.73 Å². The molecule has 1 fully saturated rings. The summed E-state index contributed by atoms with van der Waals surface area (Å²) in [6.45, 7) is 11.0. The Hall–Kier alpha value is -0.940. The van der Waals surface area contributed by atoms with E-state index < -0.39 is 0 Å². The van der Waals surface area contributed by atoms with Crippen LogP contribution in [0.3, 0.4) is 0 Å².